The first kappa shape index (κ1) is 14.6. The van der Waals surface area contributed by atoms with Crippen molar-refractivity contribution >= 4 is 28.4 Å². The Kier molecular flexibility index (Phi) is 4.45. The van der Waals surface area contributed by atoms with E-state index in [9.17, 15) is 9.59 Å². The number of carbonyl (C=O) groups excluding carboxylic acids is 1. The van der Waals surface area contributed by atoms with E-state index in [1.165, 1.54) is 6.07 Å². The minimum atomic E-state index is -0.0960. The average molecular weight is 293 g/mol. The second-order valence-electron chi connectivity index (χ2n) is 5.17. The lowest BCUT2D eigenvalue weighted by Gasteiger charge is -2.12. The molecule has 4 nitrogen and oxygen atoms in total. The van der Waals surface area contributed by atoms with E-state index in [4.69, 9.17) is 11.6 Å². The molecule has 1 heterocycles. The predicted octanol–water partition coefficient (Wildman–Crippen LogP) is 2.43. The summed E-state index contributed by atoms with van der Waals surface area (Å²) in [6, 6.07) is 6.55. The van der Waals surface area contributed by atoms with Gasteiger partial charge in [0.05, 0.1) is 5.52 Å². The van der Waals surface area contributed by atoms with Crippen molar-refractivity contribution in [3.05, 3.63) is 45.7 Å². The van der Waals surface area contributed by atoms with Gasteiger partial charge in [-0.15, -0.1) is 0 Å². The second-order valence-corrected chi connectivity index (χ2v) is 5.60. The highest BCUT2D eigenvalue weighted by molar-refractivity contribution is 6.31. The number of carbonyl (C=O) groups is 1. The Morgan fingerprint density at radius 2 is 2.10 bits per heavy atom. The van der Waals surface area contributed by atoms with Crippen LogP contribution in [0.1, 0.15) is 13.8 Å². The van der Waals surface area contributed by atoms with Gasteiger partial charge in [0.2, 0.25) is 5.91 Å². The Labute approximate surface area is 122 Å². The number of hydrogen-bond donors (Lipinski definition) is 1. The van der Waals surface area contributed by atoms with Gasteiger partial charge in [-0.3, -0.25) is 9.59 Å². The third kappa shape index (κ3) is 3.39. The van der Waals surface area contributed by atoms with Crippen LogP contribution < -0.4 is 10.7 Å². The topological polar surface area (TPSA) is 51.1 Å². The number of rotatable bonds is 4. The van der Waals surface area contributed by atoms with E-state index in [2.05, 4.69) is 5.32 Å². The van der Waals surface area contributed by atoms with Gasteiger partial charge in [-0.1, -0.05) is 25.4 Å². The van der Waals surface area contributed by atoms with E-state index < -0.39 is 0 Å². The fourth-order valence-electron chi connectivity index (χ4n) is 1.95. The molecule has 20 heavy (non-hydrogen) atoms. The first-order valence-corrected chi connectivity index (χ1v) is 6.90. The molecule has 0 radical (unpaired) electrons. The molecule has 1 aromatic heterocycles. The summed E-state index contributed by atoms with van der Waals surface area (Å²) in [5.74, 6) is 0.335. The Morgan fingerprint density at radius 3 is 2.80 bits per heavy atom. The Hall–Kier alpha value is -1.81. The minimum absolute atomic E-state index is 0.0707. The number of nitrogens with one attached hydrogen (secondary N) is 1. The van der Waals surface area contributed by atoms with Crippen LogP contribution in [0.4, 0.5) is 0 Å². The van der Waals surface area contributed by atoms with Crippen molar-refractivity contribution in [1.29, 1.82) is 0 Å². The lowest BCUT2D eigenvalue weighted by atomic mass is 10.2. The fourth-order valence-corrected chi connectivity index (χ4v) is 2.12. The standard InChI is InChI=1S/C15H17ClN2O2/c1-10(2)8-17-15(20)9-18-6-5-14(19)12-7-11(16)3-4-13(12)18/h3-7,10H,8-9H2,1-2H3,(H,17,20). The molecule has 0 spiro atoms. The SMILES string of the molecule is CC(C)CNC(=O)Cn1ccc(=O)c2cc(Cl)ccc21. The molecule has 0 aliphatic heterocycles. The van der Waals surface area contributed by atoms with Crippen LogP contribution in [0, 0.1) is 5.92 Å². The maximum atomic E-state index is 11.9. The molecular weight excluding hydrogens is 276 g/mol. The van der Waals surface area contributed by atoms with Crippen molar-refractivity contribution in [3.8, 4) is 0 Å². The molecule has 5 heteroatoms. The van der Waals surface area contributed by atoms with Crippen LogP contribution in [0.2, 0.25) is 5.02 Å². The van der Waals surface area contributed by atoms with E-state index in [1.54, 1.807) is 29.0 Å². The van der Waals surface area contributed by atoms with Gasteiger partial charge in [-0.2, -0.15) is 0 Å². The van der Waals surface area contributed by atoms with Gasteiger partial charge in [-0.25, -0.2) is 0 Å². The zero-order chi connectivity index (χ0) is 14.7. The third-order valence-electron chi connectivity index (χ3n) is 2.96. The van der Waals surface area contributed by atoms with Gasteiger partial charge >= 0.3 is 0 Å². The van der Waals surface area contributed by atoms with Crippen LogP contribution >= 0.6 is 11.6 Å². The molecule has 0 atom stereocenters. The minimum Gasteiger partial charge on any atom is -0.354 e. The first-order chi connectivity index (χ1) is 9.47. The summed E-state index contributed by atoms with van der Waals surface area (Å²) in [5.41, 5.74) is 0.614. The molecule has 2 rings (SSSR count). The number of nitrogens with zero attached hydrogens (tertiary/aromatic N) is 1. The van der Waals surface area contributed by atoms with Crippen LogP contribution in [0.5, 0.6) is 0 Å². The van der Waals surface area contributed by atoms with Gasteiger partial charge in [0.15, 0.2) is 5.43 Å². The number of pyridine rings is 1. The van der Waals surface area contributed by atoms with Crippen LogP contribution in [0.15, 0.2) is 35.3 Å². The second kappa shape index (κ2) is 6.09. The van der Waals surface area contributed by atoms with Crippen molar-refractivity contribution in [2.24, 2.45) is 5.92 Å². The van der Waals surface area contributed by atoms with E-state index in [1.807, 2.05) is 13.8 Å². The number of hydrogen-bond acceptors (Lipinski definition) is 2. The van der Waals surface area contributed by atoms with Gasteiger partial charge in [0, 0.05) is 29.2 Å². The van der Waals surface area contributed by atoms with E-state index in [0.717, 1.165) is 0 Å². The molecule has 0 saturated carbocycles. The molecule has 0 bridgehead atoms. The van der Waals surface area contributed by atoms with E-state index in [0.29, 0.717) is 28.4 Å². The zero-order valence-corrected chi connectivity index (χ0v) is 12.3. The molecule has 0 aliphatic carbocycles. The largest absolute Gasteiger partial charge is 0.354 e. The van der Waals surface area contributed by atoms with Crippen LogP contribution in [-0.4, -0.2) is 17.0 Å². The fraction of sp³-hybridized carbons (Fsp3) is 0.333. The maximum absolute atomic E-state index is 11.9. The molecule has 0 aliphatic rings. The van der Waals surface area contributed by atoms with Gasteiger partial charge < -0.3 is 9.88 Å². The monoisotopic (exact) mass is 292 g/mol. The van der Waals surface area contributed by atoms with Gasteiger partial charge in [0.25, 0.3) is 0 Å². The Morgan fingerprint density at radius 1 is 1.35 bits per heavy atom. The molecule has 106 valence electrons. The zero-order valence-electron chi connectivity index (χ0n) is 11.5. The van der Waals surface area contributed by atoms with Crippen molar-refractivity contribution in [1.82, 2.24) is 9.88 Å². The van der Waals surface area contributed by atoms with Gasteiger partial charge in [-0.05, 0) is 24.1 Å². The van der Waals surface area contributed by atoms with Crippen molar-refractivity contribution < 1.29 is 4.79 Å². The molecule has 0 fully saturated rings. The number of benzene rings is 1. The lowest BCUT2D eigenvalue weighted by molar-refractivity contribution is -0.121. The van der Waals surface area contributed by atoms with Crippen molar-refractivity contribution in [3.63, 3.8) is 0 Å². The number of amides is 1. The summed E-state index contributed by atoms with van der Waals surface area (Å²) in [7, 11) is 0. The molecule has 1 N–H and O–H groups in total. The normalized spacial score (nSPS) is 11.0. The Balaban J connectivity index is 2.29. The van der Waals surface area contributed by atoms with Gasteiger partial charge in [0.1, 0.15) is 6.54 Å². The highest BCUT2D eigenvalue weighted by Crippen LogP contribution is 2.16. The summed E-state index contributed by atoms with van der Waals surface area (Å²) < 4.78 is 1.75. The van der Waals surface area contributed by atoms with Crippen LogP contribution in [-0.2, 0) is 11.3 Å². The molecule has 0 saturated heterocycles. The maximum Gasteiger partial charge on any atom is 0.239 e. The third-order valence-corrected chi connectivity index (χ3v) is 3.20. The molecule has 2 aromatic rings. The molecule has 0 unspecified atom stereocenters. The van der Waals surface area contributed by atoms with Crippen molar-refractivity contribution in [2.75, 3.05) is 6.54 Å². The first-order valence-electron chi connectivity index (χ1n) is 6.53. The lowest BCUT2D eigenvalue weighted by Crippen LogP contribution is -2.31. The predicted molar refractivity (Wildman–Crippen MR) is 81.1 cm³/mol. The number of aromatic nitrogens is 1. The summed E-state index contributed by atoms with van der Waals surface area (Å²) in [6.45, 7) is 4.90. The number of fused-ring (bicyclic) bond motifs is 1. The molecular formula is C15H17ClN2O2. The average Bonchev–Trinajstić information content (AvgIpc) is 2.40. The van der Waals surface area contributed by atoms with Crippen LogP contribution in [0.3, 0.4) is 0 Å². The highest BCUT2D eigenvalue weighted by Gasteiger charge is 2.07. The summed E-state index contributed by atoms with van der Waals surface area (Å²) in [5, 5.41) is 3.89. The smallest absolute Gasteiger partial charge is 0.239 e. The summed E-state index contributed by atoms with van der Waals surface area (Å²) in [4.78, 5) is 23.7. The van der Waals surface area contributed by atoms with E-state index in [-0.39, 0.29) is 17.9 Å². The summed E-state index contributed by atoms with van der Waals surface area (Å²) >= 11 is 5.91. The van der Waals surface area contributed by atoms with Crippen LogP contribution in [0.25, 0.3) is 10.9 Å². The summed E-state index contributed by atoms with van der Waals surface area (Å²) in [6.07, 6.45) is 1.63. The Bertz CT molecular complexity index is 692. The van der Waals surface area contributed by atoms with Crippen molar-refractivity contribution in [2.45, 2.75) is 20.4 Å². The molecule has 1 amide bonds. The highest BCUT2D eigenvalue weighted by atomic mass is 35.5. The number of halogens is 1. The molecule has 1 aromatic carbocycles. The van der Waals surface area contributed by atoms with E-state index >= 15 is 0 Å². The quantitative estimate of drug-likeness (QED) is 0.941.